The second-order valence-electron chi connectivity index (χ2n) is 6.00. The van der Waals surface area contributed by atoms with Crippen LogP contribution in [0, 0.1) is 12.8 Å². The minimum Gasteiger partial charge on any atom is -0.338 e. The summed E-state index contributed by atoms with van der Waals surface area (Å²) in [6, 6.07) is 6.44. The maximum Gasteiger partial charge on any atom is 0.314 e. The lowest BCUT2D eigenvalue weighted by atomic mass is 10.1. The maximum atomic E-state index is 12.4. The Morgan fingerprint density at radius 1 is 1.13 bits per heavy atom. The van der Waals surface area contributed by atoms with Crippen molar-refractivity contribution in [1.29, 1.82) is 0 Å². The summed E-state index contributed by atoms with van der Waals surface area (Å²) in [7, 11) is -2.01. The number of nitrogens with one attached hydrogen (secondary N) is 2. The average Bonchev–Trinajstić information content (AvgIpc) is 2.47. The molecular weight excluding hydrogens is 314 g/mol. The number of aryl methyl sites for hydroxylation is 1. The molecule has 0 aliphatic carbocycles. The predicted molar refractivity (Wildman–Crippen MR) is 91.9 cm³/mol. The van der Waals surface area contributed by atoms with Crippen LogP contribution in [0.5, 0.6) is 0 Å². The zero-order chi connectivity index (χ0) is 17.5. The van der Waals surface area contributed by atoms with E-state index in [9.17, 15) is 13.2 Å². The van der Waals surface area contributed by atoms with Gasteiger partial charge in [-0.1, -0.05) is 31.5 Å². The van der Waals surface area contributed by atoms with Crippen molar-refractivity contribution in [3.8, 4) is 0 Å². The van der Waals surface area contributed by atoms with Gasteiger partial charge in [-0.3, -0.25) is 0 Å². The second kappa shape index (κ2) is 8.88. The molecule has 0 fully saturated rings. The Morgan fingerprint density at radius 2 is 1.70 bits per heavy atom. The van der Waals surface area contributed by atoms with Gasteiger partial charge in [-0.2, -0.15) is 4.31 Å². The van der Waals surface area contributed by atoms with Gasteiger partial charge in [0.1, 0.15) is 0 Å². The van der Waals surface area contributed by atoms with E-state index in [0.29, 0.717) is 12.5 Å². The number of nitrogens with zero attached hydrogens (tertiary/aromatic N) is 1. The van der Waals surface area contributed by atoms with E-state index in [4.69, 9.17) is 0 Å². The number of likely N-dealkylation sites (N-methyl/N-ethyl adjacent to an activating group) is 1. The van der Waals surface area contributed by atoms with E-state index in [0.717, 1.165) is 12.0 Å². The summed E-state index contributed by atoms with van der Waals surface area (Å²) in [6.45, 7) is 7.17. The van der Waals surface area contributed by atoms with Crippen molar-refractivity contribution in [2.75, 3.05) is 26.7 Å². The lowest BCUT2D eigenvalue weighted by molar-refractivity contribution is 0.239. The number of urea groups is 1. The van der Waals surface area contributed by atoms with Gasteiger partial charge in [-0.25, -0.2) is 13.2 Å². The molecule has 0 spiro atoms. The fraction of sp³-hybridized carbons (Fsp3) is 0.562. The Hall–Kier alpha value is -1.60. The van der Waals surface area contributed by atoms with Crippen LogP contribution in [0.25, 0.3) is 0 Å². The van der Waals surface area contributed by atoms with Gasteiger partial charge < -0.3 is 10.6 Å². The fourth-order valence-electron chi connectivity index (χ4n) is 1.87. The molecule has 0 radical (unpaired) electrons. The molecule has 2 amide bonds. The minimum atomic E-state index is -3.52. The molecule has 2 N–H and O–H groups in total. The minimum absolute atomic E-state index is 0.216. The number of hydrogen-bond acceptors (Lipinski definition) is 3. The molecule has 0 bridgehead atoms. The highest BCUT2D eigenvalue weighted by atomic mass is 32.2. The smallest absolute Gasteiger partial charge is 0.314 e. The van der Waals surface area contributed by atoms with Crippen molar-refractivity contribution < 1.29 is 13.2 Å². The van der Waals surface area contributed by atoms with E-state index in [1.165, 1.54) is 11.4 Å². The van der Waals surface area contributed by atoms with Gasteiger partial charge in [0.25, 0.3) is 0 Å². The van der Waals surface area contributed by atoms with Crippen LogP contribution in [0.15, 0.2) is 29.2 Å². The zero-order valence-corrected chi connectivity index (χ0v) is 15.1. The van der Waals surface area contributed by atoms with E-state index < -0.39 is 10.0 Å². The fourth-order valence-corrected chi connectivity index (χ4v) is 3.05. The molecule has 0 unspecified atom stereocenters. The Kier molecular flexibility index (Phi) is 7.51. The van der Waals surface area contributed by atoms with Crippen molar-refractivity contribution >= 4 is 16.1 Å². The second-order valence-corrected chi connectivity index (χ2v) is 8.05. The Bertz CT molecular complexity index is 598. The Balaban J connectivity index is 2.42. The van der Waals surface area contributed by atoms with Crippen LogP contribution in [0.2, 0.25) is 0 Å². The number of carbonyl (C=O) groups excluding carboxylic acids is 1. The van der Waals surface area contributed by atoms with Crippen molar-refractivity contribution in [1.82, 2.24) is 14.9 Å². The first kappa shape index (κ1) is 19.4. The molecule has 1 aromatic rings. The van der Waals surface area contributed by atoms with E-state index in [2.05, 4.69) is 24.5 Å². The summed E-state index contributed by atoms with van der Waals surface area (Å²) in [4.78, 5) is 11.8. The van der Waals surface area contributed by atoms with E-state index >= 15 is 0 Å². The zero-order valence-electron chi connectivity index (χ0n) is 14.3. The van der Waals surface area contributed by atoms with Gasteiger partial charge in [0.05, 0.1) is 4.90 Å². The SMILES string of the molecule is Cc1ccc(S(=O)(=O)N(C)CCNC(=O)NCCC(C)C)cc1. The van der Waals surface area contributed by atoms with Crippen LogP contribution in [-0.4, -0.2) is 45.4 Å². The van der Waals surface area contributed by atoms with E-state index in [1.807, 2.05) is 6.92 Å². The number of amides is 2. The first-order valence-electron chi connectivity index (χ1n) is 7.78. The summed E-state index contributed by atoms with van der Waals surface area (Å²) >= 11 is 0. The first-order valence-corrected chi connectivity index (χ1v) is 9.22. The maximum absolute atomic E-state index is 12.4. The van der Waals surface area contributed by atoms with Crippen molar-refractivity contribution in [2.45, 2.75) is 32.1 Å². The number of benzene rings is 1. The molecule has 1 aromatic carbocycles. The number of sulfonamides is 1. The summed E-state index contributed by atoms with van der Waals surface area (Å²) in [5.41, 5.74) is 1.01. The van der Waals surface area contributed by atoms with Crippen molar-refractivity contribution in [3.63, 3.8) is 0 Å². The van der Waals surface area contributed by atoms with Gasteiger partial charge in [0.15, 0.2) is 0 Å². The summed E-state index contributed by atoms with van der Waals surface area (Å²) in [5.74, 6) is 0.529. The molecule has 6 nitrogen and oxygen atoms in total. The lowest BCUT2D eigenvalue weighted by Crippen LogP contribution is -2.41. The van der Waals surface area contributed by atoms with Gasteiger partial charge in [0.2, 0.25) is 10.0 Å². The standard InChI is InChI=1S/C16H27N3O3S/c1-13(2)9-10-17-16(20)18-11-12-19(4)23(21,22)15-7-5-14(3)6-8-15/h5-8,13H,9-12H2,1-4H3,(H2,17,18,20). The first-order chi connectivity index (χ1) is 10.7. The molecule has 0 aromatic heterocycles. The van der Waals surface area contributed by atoms with E-state index in [-0.39, 0.29) is 24.0 Å². The molecule has 0 saturated carbocycles. The highest BCUT2D eigenvalue weighted by Crippen LogP contribution is 2.14. The van der Waals surface area contributed by atoms with Gasteiger partial charge in [-0.15, -0.1) is 0 Å². The molecule has 7 heteroatoms. The summed E-state index contributed by atoms with van der Waals surface area (Å²) < 4.78 is 26.0. The highest BCUT2D eigenvalue weighted by Gasteiger charge is 2.20. The third-order valence-corrected chi connectivity index (χ3v) is 5.32. The normalized spacial score (nSPS) is 11.7. The number of carbonyl (C=O) groups is 1. The molecule has 0 aliphatic rings. The van der Waals surface area contributed by atoms with Gasteiger partial charge >= 0.3 is 6.03 Å². The summed E-state index contributed by atoms with van der Waals surface area (Å²) in [5, 5.41) is 5.41. The van der Waals surface area contributed by atoms with Gasteiger partial charge in [0, 0.05) is 26.7 Å². The van der Waals surface area contributed by atoms with Crippen molar-refractivity contribution in [3.05, 3.63) is 29.8 Å². The molecule has 130 valence electrons. The van der Waals surface area contributed by atoms with Crippen LogP contribution < -0.4 is 10.6 Å². The van der Waals surface area contributed by atoms with Crippen molar-refractivity contribution in [2.24, 2.45) is 5.92 Å². The summed E-state index contributed by atoms with van der Waals surface area (Å²) in [6.07, 6.45) is 0.912. The molecule has 1 rings (SSSR count). The molecule has 23 heavy (non-hydrogen) atoms. The lowest BCUT2D eigenvalue weighted by Gasteiger charge is -2.17. The monoisotopic (exact) mass is 341 g/mol. The highest BCUT2D eigenvalue weighted by molar-refractivity contribution is 7.89. The Labute approximate surface area is 139 Å². The van der Waals surface area contributed by atoms with E-state index in [1.54, 1.807) is 24.3 Å². The van der Waals surface area contributed by atoms with Crippen LogP contribution in [0.4, 0.5) is 4.79 Å². The Morgan fingerprint density at radius 3 is 2.26 bits per heavy atom. The van der Waals surface area contributed by atoms with Crippen LogP contribution in [0.3, 0.4) is 0 Å². The average molecular weight is 341 g/mol. The predicted octanol–water partition coefficient (Wildman–Crippen LogP) is 1.96. The number of rotatable bonds is 8. The number of hydrogen-bond donors (Lipinski definition) is 2. The molecule has 0 aliphatic heterocycles. The third-order valence-electron chi connectivity index (χ3n) is 3.45. The molecule has 0 heterocycles. The molecular formula is C16H27N3O3S. The van der Waals surface area contributed by atoms with Crippen LogP contribution in [0.1, 0.15) is 25.8 Å². The van der Waals surface area contributed by atoms with Crippen LogP contribution in [-0.2, 0) is 10.0 Å². The molecule has 0 atom stereocenters. The third kappa shape index (κ3) is 6.58. The largest absolute Gasteiger partial charge is 0.338 e. The quantitative estimate of drug-likeness (QED) is 0.759. The van der Waals surface area contributed by atoms with Crippen LogP contribution >= 0.6 is 0 Å². The molecule has 0 saturated heterocycles. The topological polar surface area (TPSA) is 78.5 Å². The van der Waals surface area contributed by atoms with Gasteiger partial charge in [-0.05, 0) is 31.4 Å².